The topological polar surface area (TPSA) is 36.4 Å². The second-order valence-electron chi connectivity index (χ2n) is 5.91. The zero-order valence-corrected chi connectivity index (χ0v) is 13.3. The van der Waals surface area contributed by atoms with Gasteiger partial charge in [-0.15, -0.1) is 11.3 Å². The van der Waals surface area contributed by atoms with Crippen molar-refractivity contribution in [3.8, 4) is 11.3 Å². The molecular formula is C17H19N3OS. The maximum atomic E-state index is 11.8. The first-order chi connectivity index (χ1) is 10.8. The van der Waals surface area contributed by atoms with Crippen LogP contribution < -0.4 is 9.80 Å². The second kappa shape index (κ2) is 5.72. The van der Waals surface area contributed by atoms with Gasteiger partial charge in [0.1, 0.15) is 0 Å². The summed E-state index contributed by atoms with van der Waals surface area (Å²) in [6, 6.07) is 8.22. The molecule has 2 fully saturated rings. The number of hydrogen-bond acceptors (Lipinski definition) is 4. The normalized spacial score (nSPS) is 18.5. The highest BCUT2D eigenvalue weighted by Gasteiger charge is 2.21. The molecule has 2 aliphatic heterocycles. The molecule has 114 valence electrons. The highest BCUT2D eigenvalue weighted by Crippen LogP contribution is 2.31. The van der Waals surface area contributed by atoms with Gasteiger partial charge in [-0.1, -0.05) is 12.1 Å². The molecule has 4 rings (SSSR count). The van der Waals surface area contributed by atoms with Gasteiger partial charge in [-0.25, -0.2) is 4.98 Å². The summed E-state index contributed by atoms with van der Waals surface area (Å²) in [4.78, 5) is 20.8. The van der Waals surface area contributed by atoms with Crippen molar-refractivity contribution in [2.45, 2.75) is 25.7 Å². The van der Waals surface area contributed by atoms with E-state index in [9.17, 15) is 4.79 Å². The van der Waals surface area contributed by atoms with E-state index >= 15 is 0 Å². The molecule has 4 nitrogen and oxygen atoms in total. The molecule has 0 bridgehead atoms. The Balaban J connectivity index is 1.54. The van der Waals surface area contributed by atoms with E-state index in [1.54, 1.807) is 11.3 Å². The number of hydrogen-bond donors (Lipinski definition) is 0. The van der Waals surface area contributed by atoms with Crippen molar-refractivity contribution < 1.29 is 4.79 Å². The number of amides is 1. The molecule has 0 N–H and O–H groups in total. The maximum absolute atomic E-state index is 11.8. The molecule has 22 heavy (non-hydrogen) atoms. The predicted molar refractivity (Wildman–Crippen MR) is 90.6 cm³/mol. The average Bonchev–Trinajstić information content (AvgIpc) is 3.28. The van der Waals surface area contributed by atoms with Gasteiger partial charge in [-0.05, 0) is 31.4 Å². The van der Waals surface area contributed by atoms with Gasteiger partial charge in [-0.3, -0.25) is 4.79 Å². The van der Waals surface area contributed by atoms with E-state index in [0.717, 1.165) is 48.1 Å². The minimum absolute atomic E-state index is 0.234. The van der Waals surface area contributed by atoms with E-state index in [4.69, 9.17) is 4.98 Å². The third-order valence-electron chi connectivity index (χ3n) is 4.42. The number of aromatic nitrogens is 1. The number of nitrogens with zero attached hydrogens (tertiary/aromatic N) is 3. The zero-order valence-electron chi connectivity index (χ0n) is 12.5. The summed E-state index contributed by atoms with van der Waals surface area (Å²) < 4.78 is 0. The molecule has 1 aromatic carbocycles. The van der Waals surface area contributed by atoms with Crippen LogP contribution in [-0.4, -0.2) is 30.5 Å². The molecule has 1 amide bonds. The van der Waals surface area contributed by atoms with Crippen LogP contribution in [0.15, 0.2) is 29.6 Å². The standard InChI is InChI=1S/C17H19N3OS/c21-16-4-3-11-20(16)14-7-5-13(6-8-14)15-12-22-17(18-15)19-9-1-2-10-19/h5-8,12H,1-4,9-11H2. The van der Waals surface area contributed by atoms with Gasteiger partial charge >= 0.3 is 0 Å². The molecule has 2 aliphatic rings. The van der Waals surface area contributed by atoms with Crippen LogP contribution in [0, 0.1) is 0 Å². The molecule has 2 saturated heterocycles. The Bertz CT molecular complexity index is 673. The number of thiazole rings is 1. The summed E-state index contributed by atoms with van der Waals surface area (Å²) in [5.74, 6) is 0.234. The van der Waals surface area contributed by atoms with E-state index in [0.29, 0.717) is 6.42 Å². The second-order valence-corrected chi connectivity index (χ2v) is 6.74. The van der Waals surface area contributed by atoms with Crippen molar-refractivity contribution in [2.75, 3.05) is 29.4 Å². The Morgan fingerprint density at radius 2 is 1.77 bits per heavy atom. The minimum Gasteiger partial charge on any atom is -0.348 e. The molecule has 0 spiro atoms. The van der Waals surface area contributed by atoms with Gasteiger partial charge in [-0.2, -0.15) is 0 Å². The Morgan fingerprint density at radius 3 is 2.45 bits per heavy atom. The summed E-state index contributed by atoms with van der Waals surface area (Å²) in [5, 5.41) is 3.26. The third kappa shape index (κ3) is 2.50. The number of carbonyl (C=O) groups is 1. The van der Waals surface area contributed by atoms with Gasteiger partial charge < -0.3 is 9.80 Å². The largest absolute Gasteiger partial charge is 0.348 e. The predicted octanol–water partition coefficient (Wildman–Crippen LogP) is 3.54. The van der Waals surface area contributed by atoms with Crippen molar-refractivity contribution in [1.82, 2.24) is 4.98 Å². The number of anilines is 2. The van der Waals surface area contributed by atoms with Gasteiger partial charge in [0, 0.05) is 42.7 Å². The van der Waals surface area contributed by atoms with Gasteiger partial charge in [0.25, 0.3) is 0 Å². The lowest BCUT2D eigenvalue weighted by Crippen LogP contribution is -2.23. The Labute approximate surface area is 134 Å². The van der Waals surface area contributed by atoms with Crippen LogP contribution in [0.2, 0.25) is 0 Å². The molecule has 1 aromatic heterocycles. The lowest BCUT2D eigenvalue weighted by Gasteiger charge is -2.15. The van der Waals surface area contributed by atoms with Crippen LogP contribution in [0.1, 0.15) is 25.7 Å². The van der Waals surface area contributed by atoms with Crippen LogP contribution in [0.4, 0.5) is 10.8 Å². The summed E-state index contributed by atoms with van der Waals surface area (Å²) in [6.07, 6.45) is 4.18. The Kier molecular flexibility index (Phi) is 3.58. The van der Waals surface area contributed by atoms with Crippen LogP contribution in [0.5, 0.6) is 0 Å². The van der Waals surface area contributed by atoms with E-state index in [1.165, 1.54) is 12.8 Å². The van der Waals surface area contributed by atoms with Crippen molar-refractivity contribution in [1.29, 1.82) is 0 Å². The lowest BCUT2D eigenvalue weighted by molar-refractivity contribution is -0.117. The molecule has 0 radical (unpaired) electrons. The molecule has 0 saturated carbocycles. The SMILES string of the molecule is O=C1CCCN1c1ccc(-c2csc(N3CCCC3)n2)cc1. The van der Waals surface area contributed by atoms with E-state index in [-0.39, 0.29) is 5.91 Å². The third-order valence-corrected chi connectivity index (χ3v) is 5.32. The first-order valence-corrected chi connectivity index (χ1v) is 8.80. The smallest absolute Gasteiger partial charge is 0.227 e. The fourth-order valence-electron chi connectivity index (χ4n) is 3.18. The van der Waals surface area contributed by atoms with Crippen molar-refractivity contribution in [2.24, 2.45) is 0 Å². The van der Waals surface area contributed by atoms with Crippen LogP contribution in [-0.2, 0) is 4.79 Å². The van der Waals surface area contributed by atoms with Gasteiger partial charge in [0.2, 0.25) is 5.91 Å². The summed E-state index contributed by atoms with van der Waals surface area (Å²) in [5.41, 5.74) is 3.16. The van der Waals surface area contributed by atoms with E-state index < -0.39 is 0 Å². The molecular weight excluding hydrogens is 294 g/mol. The number of benzene rings is 1. The highest BCUT2D eigenvalue weighted by atomic mass is 32.1. The molecule has 2 aromatic rings. The van der Waals surface area contributed by atoms with E-state index in [1.807, 2.05) is 17.0 Å². The van der Waals surface area contributed by atoms with Crippen LogP contribution in [0.25, 0.3) is 11.3 Å². The van der Waals surface area contributed by atoms with Crippen molar-refractivity contribution in [3.63, 3.8) is 0 Å². The monoisotopic (exact) mass is 313 g/mol. The molecule has 0 unspecified atom stereocenters. The fourth-order valence-corrected chi connectivity index (χ4v) is 4.07. The minimum atomic E-state index is 0.234. The van der Waals surface area contributed by atoms with Crippen LogP contribution >= 0.6 is 11.3 Å². The van der Waals surface area contributed by atoms with Gasteiger partial charge in [0.05, 0.1) is 5.69 Å². The van der Waals surface area contributed by atoms with Crippen molar-refractivity contribution >= 4 is 28.1 Å². The van der Waals surface area contributed by atoms with Crippen molar-refractivity contribution in [3.05, 3.63) is 29.6 Å². The fraction of sp³-hybridized carbons (Fsp3) is 0.412. The highest BCUT2D eigenvalue weighted by molar-refractivity contribution is 7.14. The first kappa shape index (κ1) is 13.8. The molecule has 5 heteroatoms. The first-order valence-electron chi connectivity index (χ1n) is 7.92. The summed E-state index contributed by atoms with van der Waals surface area (Å²) in [7, 11) is 0. The van der Waals surface area contributed by atoms with Crippen LogP contribution in [0.3, 0.4) is 0 Å². The summed E-state index contributed by atoms with van der Waals surface area (Å²) in [6.45, 7) is 3.10. The number of carbonyl (C=O) groups excluding carboxylic acids is 1. The van der Waals surface area contributed by atoms with E-state index in [2.05, 4.69) is 22.4 Å². The molecule has 3 heterocycles. The number of rotatable bonds is 3. The zero-order chi connectivity index (χ0) is 14.9. The maximum Gasteiger partial charge on any atom is 0.227 e. The summed E-state index contributed by atoms with van der Waals surface area (Å²) >= 11 is 1.72. The Morgan fingerprint density at radius 1 is 1.00 bits per heavy atom. The molecule has 0 aliphatic carbocycles. The quantitative estimate of drug-likeness (QED) is 0.869. The lowest BCUT2D eigenvalue weighted by atomic mass is 10.1. The average molecular weight is 313 g/mol. The molecule has 0 atom stereocenters. The van der Waals surface area contributed by atoms with Gasteiger partial charge in [0.15, 0.2) is 5.13 Å². The Hall–Kier alpha value is -1.88.